The monoisotopic (exact) mass is 383 g/mol. The topological polar surface area (TPSA) is 70.6 Å². The van der Waals surface area contributed by atoms with Gasteiger partial charge in [-0.25, -0.2) is 12.8 Å². The van der Waals surface area contributed by atoms with Crippen molar-refractivity contribution in [3.05, 3.63) is 35.6 Å². The number of hydrogen-bond donors (Lipinski definition) is 2. The van der Waals surface area contributed by atoms with E-state index < -0.39 is 9.84 Å². The van der Waals surface area contributed by atoms with Crippen molar-refractivity contribution in [3.8, 4) is 0 Å². The van der Waals surface area contributed by atoms with Crippen LogP contribution in [0.25, 0.3) is 0 Å². The molecule has 5 nitrogen and oxygen atoms in total. The number of guanidine groups is 1. The van der Waals surface area contributed by atoms with Crippen LogP contribution < -0.4 is 10.6 Å². The van der Waals surface area contributed by atoms with Crippen LogP contribution in [0.15, 0.2) is 29.3 Å². The maximum absolute atomic E-state index is 13.3. The molecule has 1 unspecified atom stereocenters. The maximum atomic E-state index is 13.3. The van der Waals surface area contributed by atoms with E-state index >= 15 is 0 Å². The van der Waals surface area contributed by atoms with E-state index in [1.54, 1.807) is 7.05 Å². The van der Waals surface area contributed by atoms with Crippen molar-refractivity contribution in [1.29, 1.82) is 0 Å². The summed E-state index contributed by atoms with van der Waals surface area (Å²) < 4.78 is 35.9. The third-order valence-electron chi connectivity index (χ3n) is 5.14. The molecule has 1 fully saturated rings. The molecule has 0 amide bonds. The second-order valence-electron chi connectivity index (χ2n) is 7.38. The third-order valence-corrected chi connectivity index (χ3v) is 6.12. The largest absolute Gasteiger partial charge is 0.356 e. The van der Waals surface area contributed by atoms with Gasteiger partial charge < -0.3 is 10.6 Å². The van der Waals surface area contributed by atoms with E-state index in [0.29, 0.717) is 12.4 Å². The molecule has 0 radical (unpaired) electrons. The molecule has 1 aromatic rings. The third kappa shape index (κ3) is 5.97. The van der Waals surface area contributed by atoms with Gasteiger partial charge in [0.15, 0.2) is 5.96 Å². The molecule has 0 spiro atoms. The minimum Gasteiger partial charge on any atom is -0.356 e. The van der Waals surface area contributed by atoms with Gasteiger partial charge in [-0.2, -0.15) is 0 Å². The van der Waals surface area contributed by atoms with Crippen molar-refractivity contribution in [2.45, 2.75) is 50.5 Å². The Morgan fingerprint density at radius 1 is 1.27 bits per heavy atom. The number of halogens is 1. The molecule has 0 heterocycles. The lowest BCUT2D eigenvalue weighted by Gasteiger charge is -2.31. The van der Waals surface area contributed by atoms with E-state index in [1.807, 2.05) is 19.1 Å². The van der Waals surface area contributed by atoms with Gasteiger partial charge in [0, 0.05) is 31.3 Å². The number of nitrogens with one attached hydrogen (secondary N) is 2. The first kappa shape index (κ1) is 20.7. The molecule has 146 valence electrons. The number of nitrogens with zero attached hydrogens (tertiary/aromatic N) is 1. The van der Waals surface area contributed by atoms with Crippen LogP contribution in [-0.4, -0.2) is 46.0 Å². The summed E-state index contributed by atoms with van der Waals surface area (Å²) in [5.41, 5.74) is 1.14. The van der Waals surface area contributed by atoms with Crippen LogP contribution in [0.2, 0.25) is 0 Å². The quantitative estimate of drug-likeness (QED) is 0.561. The van der Waals surface area contributed by atoms with Crippen LogP contribution in [0, 0.1) is 5.82 Å². The molecule has 1 saturated carbocycles. The molecule has 0 saturated heterocycles. The Morgan fingerprint density at radius 3 is 2.42 bits per heavy atom. The first-order valence-corrected chi connectivity index (χ1v) is 11.2. The van der Waals surface area contributed by atoms with Gasteiger partial charge in [-0.05, 0) is 43.9 Å². The van der Waals surface area contributed by atoms with E-state index in [4.69, 9.17) is 0 Å². The van der Waals surface area contributed by atoms with Gasteiger partial charge in [0.25, 0.3) is 0 Å². The van der Waals surface area contributed by atoms with E-state index in [0.717, 1.165) is 37.8 Å². The fourth-order valence-electron chi connectivity index (χ4n) is 3.57. The molecule has 0 bridgehead atoms. The molecule has 26 heavy (non-hydrogen) atoms. The standard InChI is InChI=1S/C19H30FN3O2S/c1-15(10-13-26(3,24)25)23-18(21-2)22-14-19(11-4-5-12-19)16-6-8-17(20)9-7-16/h6-9,15H,4-5,10-14H2,1-3H3,(H2,21,22,23). The fraction of sp³-hybridized carbons (Fsp3) is 0.632. The van der Waals surface area contributed by atoms with Crippen molar-refractivity contribution in [2.24, 2.45) is 4.99 Å². The molecule has 2 N–H and O–H groups in total. The number of aliphatic imine (C=N–C) groups is 1. The molecular weight excluding hydrogens is 353 g/mol. The summed E-state index contributed by atoms with van der Waals surface area (Å²) in [5.74, 6) is 0.601. The van der Waals surface area contributed by atoms with Crippen LogP contribution in [0.3, 0.4) is 0 Å². The highest BCUT2D eigenvalue weighted by molar-refractivity contribution is 7.90. The molecule has 2 rings (SSSR count). The van der Waals surface area contributed by atoms with E-state index in [9.17, 15) is 12.8 Å². The zero-order valence-corrected chi connectivity index (χ0v) is 16.7. The van der Waals surface area contributed by atoms with Crippen LogP contribution in [0.1, 0.15) is 44.6 Å². The smallest absolute Gasteiger partial charge is 0.191 e. The second-order valence-corrected chi connectivity index (χ2v) is 9.64. The van der Waals surface area contributed by atoms with Crippen LogP contribution in [0.5, 0.6) is 0 Å². The summed E-state index contributed by atoms with van der Waals surface area (Å²) in [6.45, 7) is 2.67. The van der Waals surface area contributed by atoms with Gasteiger partial charge in [-0.3, -0.25) is 4.99 Å². The van der Waals surface area contributed by atoms with Gasteiger partial charge in [-0.1, -0.05) is 25.0 Å². The molecular formula is C19H30FN3O2S. The van der Waals surface area contributed by atoms with Crippen molar-refractivity contribution in [2.75, 3.05) is 25.6 Å². The molecule has 0 aromatic heterocycles. The number of rotatable bonds is 7. The van der Waals surface area contributed by atoms with E-state index in [1.165, 1.54) is 18.4 Å². The lowest BCUT2D eigenvalue weighted by atomic mass is 9.79. The van der Waals surface area contributed by atoms with Crippen LogP contribution in [0.4, 0.5) is 4.39 Å². The average molecular weight is 384 g/mol. The van der Waals surface area contributed by atoms with Crippen molar-refractivity contribution in [1.82, 2.24) is 10.6 Å². The molecule has 1 aromatic carbocycles. The van der Waals surface area contributed by atoms with Gasteiger partial charge >= 0.3 is 0 Å². The zero-order chi connectivity index (χ0) is 19.2. The van der Waals surface area contributed by atoms with Crippen molar-refractivity contribution < 1.29 is 12.8 Å². The van der Waals surface area contributed by atoms with E-state index in [2.05, 4.69) is 15.6 Å². The SMILES string of the molecule is CN=C(NCC1(c2ccc(F)cc2)CCCC1)NC(C)CCS(C)(=O)=O. The Hall–Kier alpha value is -1.63. The Kier molecular flexibility index (Phi) is 7.03. The Morgan fingerprint density at radius 2 is 1.88 bits per heavy atom. The lowest BCUT2D eigenvalue weighted by molar-refractivity contribution is 0.429. The summed E-state index contributed by atoms with van der Waals surface area (Å²) in [7, 11) is -1.26. The predicted molar refractivity (Wildman–Crippen MR) is 105 cm³/mol. The lowest BCUT2D eigenvalue weighted by Crippen LogP contribution is -2.47. The highest BCUT2D eigenvalue weighted by Gasteiger charge is 2.35. The highest BCUT2D eigenvalue weighted by atomic mass is 32.2. The summed E-state index contributed by atoms with van der Waals surface area (Å²) in [5, 5.41) is 6.64. The van der Waals surface area contributed by atoms with Gasteiger partial charge in [0.2, 0.25) is 0 Å². The van der Waals surface area contributed by atoms with Gasteiger partial charge in [-0.15, -0.1) is 0 Å². The van der Waals surface area contributed by atoms with Gasteiger partial charge in [0.1, 0.15) is 15.7 Å². The molecule has 1 aliphatic carbocycles. The van der Waals surface area contributed by atoms with Crippen molar-refractivity contribution in [3.63, 3.8) is 0 Å². The summed E-state index contributed by atoms with van der Waals surface area (Å²) >= 11 is 0. The fourth-order valence-corrected chi connectivity index (χ4v) is 4.35. The number of sulfone groups is 1. The Balaban J connectivity index is 1.97. The molecule has 1 atom stereocenters. The number of hydrogen-bond acceptors (Lipinski definition) is 3. The summed E-state index contributed by atoms with van der Waals surface area (Å²) in [6, 6.07) is 6.81. The van der Waals surface area contributed by atoms with Crippen LogP contribution >= 0.6 is 0 Å². The second kappa shape index (κ2) is 8.84. The van der Waals surface area contributed by atoms with Crippen LogP contribution in [-0.2, 0) is 15.3 Å². The van der Waals surface area contributed by atoms with Crippen molar-refractivity contribution >= 4 is 15.8 Å². The van der Waals surface area contributed by atoms with E-state index in [-0.39, 0.29) is 23.0 Å². The minimum absolute atomic E-state index is 0.00118. The summed E-state index contributed by atoms with van der Waals surface area (Å²) in [6.07, 6.45) is 6.23. The Bertz CT molecular complexity index is 711. The van der Waals surface area contributed by atoms with Gasteiger partial charge in [0.05, 0.1) is 5.75 Å². The normalized spacial score (nSPS) is 18.5. The first-order chi connectivity index (χ1) is 12.2. The number of benzene rings is 1. The maximum Gasteiger partial charge on any atom is 0.191 e. The first-order valence-electron chi connectivity index (χ1n) is 9.15. The molecule has 7 heteroatoms. The average Bonchev–Trinajstić information content (AvgIpc) is 3.07. The molecule has 0 aliphatic heterocycles. The predicted octanol–water partition coefficient (Wildman–Crippen LogP) is 2.63. The minimum atomic E-state index is -2.97. The highest BCUT2D eigenvalue weighted by Crippen LogP contribution is 2.40. The zero-order valence-electron chi connectivity index (χ0n) is 15.9. The molecule has 1 aliphatic rings. The summed E-state index contributed by atoms with van der Waals surface area (Å²) in [4.78, 5) is 4.26. The Labute approximate surface area is 156 Å².